The summed E-state index contributed by atoms with van der Waals surface area (Å²) in [4.78, 5) is 45.0. The van der Waals surface area contributed by atoms with E-state index in [1.165, 1.54) is 0 Å². The molecule has 3 fully saturated rings. The first-order valence-corrected chi connectivity index (χ1v) is 15.0. The Bertz CT molecular complexity index is 1280. The van der Waals surface area contributed by atoms with E-state index in [9.17, 15) is 14.4 Å². The third-order valence-corrected chi connectivity index (χ3v) is 9.36. The molecule has 1 aliphatic heterocycles. The number of halogens is 2. The van der Waals surface area contributed by atoms with Gasteiger partial charge >= 0.3 is 0 Å². The molecular weight excluding hydrogens is 582 g/mol. The molecule has 0 bridgehead atoms. The molecule has 208 valence electrons. The van der Waals surface area contributed by atoms with Crippen LogP contribution in [0, 0.1) is 11.8 Å². The van der Waals surface area contributed by atoms with E-state index in [1.54, 1.807) is 12.3 Å². The van der Waals surface area contributed by atoms with E-state index in [4.69, 9.17) is 17.3 Å². The fourth-order valence-corrected chi connectivity index (χ4v) is 7.00. The van der Waals surface area contributed by atoms with Gasteiger partial charge in [0.05, 0.1) is 21.8 Å². The molecule has 0 spiro atoms. The van der Waals surface area contributed by atoms with Crippen molar-refractivity contribution in [1.82, 2.24) is 10.3 Å². The highest BCUT2D eigenvalue weighted by Gasteiger charge is 2.41. The molecule has 2 saturated carbocycles. The Balaban J connectivity index is 1.31. The number of rotatable bonds is 9. The van der Waals surface area contributed by atoms with Gasteiger partial charge in [-0.2, -0.15) is 0 Å². The van der Waals surface area contributed by atoms with Crippen molar-refractivity contribution in [3.63, 3.8) is 0 Å². The zero-order valence-electron chi connectivity index (χ0n) is 22.3. The molecule has 1 saturated heterocycles. The average molecular weight is 617 g/mol. The van der Waals surface area contributed by atoms with Crippen LogP contribution in [0.15, 0.2) is 28.9 Å². The molecule has 3 aliphatic rings. The molecule has 8 nitrogen and oxygen atoms in total. The summed E-state index contributed by atoms with van der Waals surface area (Å²) in [6, 6.07) is 5.71. The van der Waals surface area contributed by atoms with Gasteiger partial charge in [-0.05, 0) is 91.9 Å². The molecule has 3 unspecified atom stereocenters. The Kier molecular flexibility index (Phi) is 8.19. The lowest BCUT2D eigenvalue weighted by atomic mass is 9.92. The number of carbonyl (C=O) groups is 3. The number of amides is 2. The normalized spacial score (nSPS) is 23.2. The van der Waals surface area contributed by atoms with Gasteiger partial charge in [0.2, 0.25) is 0 Å². The summed E-state index contributed by atoms with van der Waals surface area (Å²) in [5.41, 5.74) is 7.21. The van der Waals surface area contributed by atoms with Crippen LogP contribution in [-0.2, 0) is 0 Å². The number of nitrogens with one attached hydrogen (secondary N) is 2. The summed E-state index contributed by atoms with van der Waals surface area (Å²) in [6.45, 7) is 4.89. The number of nitrogens with two attached hydrogens (primary N) is 1. The van der Waals surface area contributed by atoms with Crippen molar-refractivity contribution in [2.24, 2.45) is 17.6 Å². The van der Waals surface area contributed by atoms with Crippen molar-refractivity contribution in [2.45, 2.75) is 76.9 Å². The van der Waals surface area contributed by atoms with Crippen molar-refractivity contribution in [1.29, 1.82) is 0 Å². The van der Waals surface area contributed by atoms with E-state index in [0.717, 1.165) is 57.3 Å². The number of benzene rings is 1. The average Bonchev–Trinajstić information content (AvgIpc) is 3.68. The van der Waals surface area contributed by atoms with Gasteiger partial charge in [0.25, 0.3) is 11.8 Å². The van der Waals surface area contributed by atoms with E-state index < -0.39 is 5.91 Å². The third kappa shape index (κ3) is 5.80. The second-order valence-electron chi connectivity index (χ2n) is 11.1. The van der Waals surface area contributed by atoms with Crippen molar-refractivity contribution >= 4 is 56.6 Å². The quantitative estimate of drug-likeness (QED) is 0.317. The number of pyridine rings is 1. The molecule has 2 aromatic rings. The molecule has 0 radical (unpaired) electrons. The smallest absolute Gasteiger partial charge is 0.254 e. The number of anilines is 2. The van der Waals surface area contributed by atoms with Crippen molar-refractivity contribution in [3.8, 4) is 0 Å². The zero-order valence-corrected chi connectivity index (χ0v) is 24.6. The van der Waals surface area contributed by atoms with Gasteiger partial charge in [-0.15, -0.1) is 0 Å². The summed E-state index contributed by atoms with van der Waals surface area (Å²) < 4.78 is 0.426. The lowest BCUT2D eigenvalue weighted by molar-refractivity contribution is 0.0933. The van der Waals surface area contributed by atoms with E-state index in [0.29, 0.717) is 21.6 Å². The predicted molar refractivity (Wildman–Crippen MR) is 157 cm³/mol. The SMILES string of the molecule is CC[C@@H](C)Nc1c(C(N)=O)cc(Br)c(C(=O)NC2CC3CCCN(c4ccc(C(=O)C5CC5)cn4)C3C2)c1Cl. The second kappa shape index (κ2) is 11.5. The molecule has 1 aromatic heterocycles. The van der Waals surface area contributed by atoms with Gasteiger partial charge in [-0.3, -0.25) is 14.4 Å². The molecule has 2 amide bonds. The second-order valence-corrected chi connectivity index (χ2v) is 12.4. The molecule has 10 heteroatoms. The largest absolute Gasteiger partial charge is 0.381 e. The number of aromatic nitrogens is 1. The fourth-order valence-electron chi connectivity index (χ4n) is 5.94. The number of nitrogens with zero attached hydrogens (tertiary/aromatic N) is 2. The molecular formula is C29H35BrClN5O3. The highest BCUT2D eigenvalue weighted by Crippen LogP contribution is 2.41. The minimum absolute atomic E-state index is 0.0198. The number of piperidine rings is 1. The number of fused-ring (bicyclic) bond motifs is 1. The summed E-state index contributed by atoms with van der Waals surface area (Å²) in [6.07, 6.45) is 8.32. The van der Waals surface area contributed by atoms with Crippen LogP contribution in [0.1, 0.15) is 89.9 Å². The number of primary amides is 1. The van der Waals surface area contributed by atoms with E-state index in [1.807, 2.05) is 26.0 Å². The number of hydrogen-bond donors (Lipinski definition) is 3. The van der Waals surface area contributed by atoms with Crippen LogP contribution in [0.4, 0.5) is 11.5 Å². The van der Waals surface area contributed by atoms with E-state index in [-0.39, 0.29) is 51.9 Å². The Labute approximate surface area is 242 Å². The summed E-state index contributed by atoms with van der Waals surface area (Å²) in [7, 11) is 0. The monoisotopic (exact) mass is 615 g/mol. The molecule has 4 N–H and O–H groups in total. The number of carbonyl (C=O) groups excluding carboxylic acids is 3. The summed E-state index contributed by atoms with van der Waals surface area (Å²) in [5, 5.41) is 6.62. The molecule has 4 atom stereocenters. The highest BCUT2D eigenvalue weighted by atomic mass is 79.9. The first-order valence-electron chi connectivity index (χ1n) is 13.8. The van der Waals surface area contributed by atoms with Crippen LogP contribution in [0.2, 0.25) is 5.02 Å². The maximum atomic E-state index is 13.5. The first kappa shape index (κ1) is 27.9. The van der Waals surface area contributed by atoms with Crippen molar-refractivity contribution < 1.29 is 14.4 Å². The lowest BCUT2D eigenvalue weighted by Gasteiger charge is -2.38. The maximum absolute atomic E-state index is 13.5. The molecule has 2 heterocycles. The molecule has 5 rings (SSSR count). The first-order chi connectivity index (χ1) is 18.7. The van der Waals surface area contributed by atoms with Gasteiger partial charge in [0, 0.05) is 46.8 Å². The third-order valence-electron chi connectivity index (χ3n) is 8.36. The van der Waals surface area contributed by atoms with Crippen molar-refractivity contribution in [2.75, 3.05) is 16.8 Å². The standard InChI is InChI=1S/C29H35BrClN5O3/c1-3-15(2)34-26-20(28(32)38)13-21(30)24(25(26)31)29(39)35-19-11-17-5-4-10-36(22(17)12-19)23-9-8-18(14-33-23)27(37)16-6-7-16/h8-9,13-17,19,22,34H,3-7,10-12H2,1-2H3,(H2,32,38)(H,35,39)/t15-,17?,19?,22?/m1/s1. The maximum Gasteiger partial charge on any atom is 0.254 e. The minimum atomic E-state index is -0.617. The molecule has 1 aromatic carbocycles. The Morgan fingerprint density at radius 3 is 2.64 bits per heavy atom. The van der Waals surface area contributed by atoms with Crippen LogP contribution >= 0.6 is 27.5 Å². The van der Waals surface area contributed by atoms with Gasteiger partial charge in [0.1, 0.15) is 5.82 Å². The van der Waals surface area contributed by atoms with Gasteiger partial charge in [0.15, 0.2) is 5.78 Å². The fraction of sp³-hybridized carbons (Fsp3) is 0.517. The van der Waals surface area contributed by atoms with Crippen LogP contribution < -0.4 is 21.3 Å². The van der Waals surface area contributed by atoms with E-state index in [2.05, 4.69) is 36.4 Å². The predicted octanol–water partition coefficient (Wildman–Crippen LogP) is 5.58. The number of hydrogen-bond acceptors (Lipinski definition) is 6. The van der Waals surface area contributed by atoms with Crippen molar-refractivity contribution in [3.05, 3.63) is 50.6 Å². The lowest BCUT2D eigenvalue weighted by Crippen LogP contribution is -2.43. The van der Waals surface area contributed by atoms with Crippen LogP contribution in [0.5, 0.6) is 0 Å². The topological polar surface area (TPSA) is 117 Å². The summed E-state index contributed by atoms with van der Waals surface area (Å²) in [5.74, 6) is 0.805. The number of Topliss-reactive ketones (excluding diaryl/α,β-unsaturated/α-hetero) is 1. The van der Waals surface area contributed by atoms with Gasteiger partial charge in [-0.1, -0.05) is 18.5 Å². The molecule has 39 heavy (non-hydrogen) atoms. The van der Waals surface area contributed by atoms with E-state index >= 15 is 0 Å². The van der Waals surface area contributed by atoms with Gasteiger partial charge < -0.3 is 21.3 Å². The minimum Gasteiger partial charge on any atom is -0.381 e. The Morgan fingerprint density at radius 1 is 1.23 bits per heavy atom. The summed E-state index contributed by atoms with van der Waals surface area (Å²) >= 11 is 10.2. The highest BCUT2D eigenvalue weighted by molar-refractivity contribution is 9.10. The van der Waals surface area contributed by atoms with Gasteiger partial charge in [-0.25, -0.2) is 4.98 Å². The Morgan fingerprint density at radius 2 is 2.00 bits per heavy atom. The van der Waals surface area contributed by atoms with Crippen LogP contribution in [0.3, 0.4) is 0 Å². The Hall–Kier alpha value is -2.65. The van der Waals surface area contributed by atoms with Crippen LogP contribution in [0.25, 0.3) is 0 Å². The van der Waals surface area contributed by atoms with Crippen LogP contribution in [-0.4, -0.2) is 47.3 Å². The molecule has 2 aliphatic carbocycles. The zero-order chi connectivity index (χ0) is 27.8. The number of ketones is 1.